The third kappa shape index (κ3) is 4.50. The highest BCUT2D eigenvalue weighted by molar-refractivity contribution is 5.44. The molecule has 0 spiro atoms. The van der Waals surface area contributed by atoms with Gasteiger partial charge in [-0.1, -0.05) is 24.6 Å². The molecule has 0 aliphatic carbocycles. The molecular weight excluding hydrogens is 246 g/mol. The lowest BCUT2D eigenvalue weighted by molar-refractivity contribution is 0.135. The maximum Gasteiger partial charge on any atom is 0.0340 e. The summed E-state index contributed by atoms with van der Waals surface area (Å²) in [5.41, 5.74) is 2.54. The molecule has 3 nitrogen and oxygen atoms in total. The molecule has 0 unspecified atom stereocenters. The zero-order valence-corrected chi connectivity index (χ0v) is 13.2. The van der Waals surface area contributed by atoms with Crippen LogP contribution in [0.1, 0.15) is 25.3 Å². The number of likely N-dealkylation sites (N-methyl/N-ethyl adjacent to an activating group) is 1. The van der Waals surface area contributed by atoms with E-state index in [1.807, 2.05) is 0 Å². The minimum Gasteiger partial charge on any atom is -0.384 e. The van der Waals surface area contributed by atoms with E-state index >= 15 is 0 Å². The monoisotopic (exact) mass is 275 g/mol. The zero-order valence-electron chi connectivity index (χ0n) is 13.2. The maximum absolute atomic E-state index is 3.51. The van der Waals surface area contributed by atoms with Crippen LogP contribution < -0.4 is 5.32 Å². The summed E-state index contributed by atoms with van der Waals surface area (Å²) in [5.74, 6) is 0. The largest absolute Gasteiger partial charge is 0.384 e. The van der Waals surface area contributed by atoms with E-state index in [1.165, 1.54) is 43.7 Å². The lowest BCUT2D eigenvalue weighted by Crippen LogP contribution is -2.44. The van der Waals surface area contributed by atoms with Crippen LogP contribution in [-0.4, -0.2) is 55.6 Å². The van der Waals surface area contributed by atoms with Gasteiger partial charge in [0, 0.05) is 24.8 Å². The van der Waals surface area contributed by atoms with Crippen LogP contribution in [0.3, 0.4) is 0 Å². The molecule has 1 fully saturated rings. The van der Waals surface area contributed by atoms with Crippen LogP contribution in [0.4, 0.5) is 5.69 Å². The topological polar surface area (TPSA) is 18.5 Å². The van der Waals surface area contributed by atoms with E-state index in [-0.39, 0.29) is 0 Å². The molecule has 112 valence electrons. The molecule has 1 aliphatic rings. The Morgan fingerprint density at radius 2 is 1.85 bits per heavy atom. The van der Waals surface area contributed by atoms with Crippen molar-refractivity contribution in [3.8, 4) is 0 Å². The Balaban J connectivity index is 1.67. The van der Waals surface area contributed by atoms with Gasteiger partial charge in [0.2, 0.25) is 0 Å². The highest BCUT2D eigenvalue weighted by Crippen LogP contribution is 2.15. The number of hydrogen-bond acceptors (Lipinski definition) is 3. The number of benzene rings is 1. The molecule has 1 aromatic carbocycles. The van der Waals surface area contributed by atoms with Crippen molar-refractivity contribution in [3.05, 3.63) is 29.8 Å². The molecule has 1 saturated heterocycles. The van der Waals surface area contributed by atoms with Crippen LogP contribution in [0.15, 0.2) is 24.3 Å². The third-order valence-electron chi connectivity index (χ3n) is 4.47. The van der Waals surface area contributed by atoms with Crippen LogP contribution in [0, 0.1) is 6.92 Å². The van der Waals surface area contributed by atoms with Gasteiger partial charge in [-0.05, 0) is 58.6 Å². The average molecular weight is 275 g/mol. The van der Waals surface area contributed by atoms with Crippen LogP contribution in [0.25, 0.3) is 0 Å². The van der Waals surface area contributed by atoms with Gasteiger partial charge in [0.1, 0.15) is 0 Å². The number of piperidine rings is 1. The van der Waals surface area contributed by atoms with Gasteiger partial charge in [0.15, 0.2) is 0 Å². The lowest BCUT2D eigenvalue weighted by Gasteiger charge is -2.36. The molecule has 0 aromatic heterocycles. The summed E-state index contributed by atoms with van der Waals surface area (Å²) in [6.07, 6.45) is 2.63. The molecule has 2 rings (SSSR count). The Kier molecular flexibility index (Phi) is 5.86. The number of rotatable bonds is 6. The minimum atomic E-state index is 0.762. The van der Waals surface area contributed by atoms with E-state index in [4.69, 9.17) is 0 Å². The van der Waals surface area contributed by atoms with E-state index in [2.05, 4.69) is 60.3 Å². The summed E-state index contributed by atoms with van der Waals surface area (Å²) in [5, 5.41) is 3.51. The number of hydrogen-bond donors (Lipinski definition) is 1. The van der Waals surface area contributed by atoms with E-state index in [1.54, 1.807) is 0 Å². The highest BCUT2D eigenvalue weighted by atomic mass is 15.2. The van der Waals surface area contributed by atoms with Crippen LogP contribution in [0.2, 0.25) is 0 Å². The number of likely N-dealkylation sites (tertiary alicyclic amines) is 1. The summed E-state index contributed by atoms with van der Waals surface area (Å²) < 4.78 is 0. The van der Waals surface area contributed by atoms with E-state index in [0.717, 1.165) is 19.1 Å². The van der Waals surface area contributed by atoms with Crippen molar-refractivity contribution in [2.45, 2.75) is 32.7 Å². The smallest absolute Gasteiger partial charge is 0.0340 e. The van der Waals surface area contributed by atoms with Crippen molar-refractivity contribution in [1.29, 1.82) is 0 Å². The summed E-state index contributed by atoms with van der Waals surface area (Å²) >= 11 is 0. The average Bonchev–Trinajstić information content (AvgIpc) is 2.49. The SMILES string of the molecule is CCN1CCC(N(C)CCNc2ccc(C)cc2)CC1. The van der Waals surface area contributed by atoms with Gasteiger partial charge < -0.3 is 15.1 Å². The van der Waals surface area contributed by atoms with Gasteiger partial charge >= 0.3 is 0 Å². The van der Waals surface area contributed by atoms with Gasteiger partial charge in [0.05, 0.1) is 0 Å². The Morgan fingerprint density at radius 3 is 2.45 bits per heavy atom. The molecule has 0 amide bonds. The third-order valence-corrected chi connectivity index (χ3v) is 4.47. The Bertz CT molecular complexity index is 380. The molecule has 1 N–H and O–H groups in total. The Morgan fingerprint density at radius 1 is 1.20 bits per heavy atom. The number of nitrogens with zero attached hydrogens (tertiary/aromatic N) is 2. The van der Waals surface area contributed by atoms with E-state index < -0.39 is 0 Å². The van der Waals surface area contributed by atoms with Crippen LogP contribution in [0.5, 0.6) is 0 Å². The number of nitrogens with one attached hydrogen (secondary N) is 1. The normalized spacial score (nSPS) is 17.6. The lowest BCUT2D eigenvalue weighted by atomic mass is 10.0. The van der Waals surface area contributed by atoms with Crippen molar-refractivity contribution in [1.82, 2.24) is 9.80 Å². The molecule has 3 heteroatoms. The molecule has 0 saturated carbocycles. The first-order chi connectivity index (χ1) is 9.69. The number of anilines is 1. The maximum atomic E-state index is 3.51. The van der Waals surface area contributed by atoms with Gasteiger partial charge in [-0.25, -0.2) is 0 Å². The summed E-state index contributed by atoms with van der Waals surface area (Å²) in [7, 11) is 2.27. The molecule has 1 heterocycles. The quantitative estimate of drug-likeness (QED) is 0.861. The molecule has 1 aliphatic heterocycles. The first-order valence-corrected chi connectivity index (χ1v) is 7.92. The van der Waals surface area contributed by atoms with Gasteiger partial charge in [-0.3, -0.25) is 0 Å². The number of aryl methyl sites for hydroxylation is 1. The van der Waals surface area contributed by atoms with Crippen molar-refractivity contribution in [3.63, 3.8) is 0 Å². The van der Waals surface area contributed by atoms with Crippen molar-refractivity contribution in [2.75, 3.05) is 45.1 Å². The Hall–Kier alpha value is -1.06. The van der Waals surface area contributed by atoms with Gasteiger partial charge in [-0.15, -0.1) is 0 Å². The Labute approximate surface area is 124 Å². The second kappa shape index (κ2) is 7.65. The molecule has 0 radical (unpaired) electrons. The standard InChI is InChI=1S/C17H29N3/c1-4-20-12-9-17(10-13-20)19(3)14-11-18-16-7-5-15(2)6-8-16/h5-8,17-18H,4,9-14H2,1-3H3. The van der Waals surface area contributed by atoms with Gasteiger partial charge in [-0.2, -0.15) is 0 Å². The molecule has 0 atom stereocenters. The first kappa shape index (κ1) is 15.3. The fourth-order valence-electron chi connectivity index (χ4n) is 2.91. The summed E-state index contributed by atoms with van der Waals surface area (Å²) in [4.78, 5) is 5.07. The second-order valence-corrected chi connectivity index (χ2v) is 5.94. The first-order valence-electron chi connectivity index (χ1n) is 7.92. The zero-order chi connectivity index (χ0) is 14.4. The molecular formula is C17H29N3. The van der Waals surface area contributed by atoms with Crippen molar-refractivity contribution >= 4 is 5.69 Å². The predicted octanol–water partition coefficient (Wildman–Crippen LogP) is 2.82. The molecule has 20 heavy (non-hydrogen) atoms. The molecule has 1 aromatic rings. The van der Waals surface area contributed by atoms with Crippen LogP contribution in [-0.2, 0) is 0 Å². The second-order valence-electron chi connectivity index (χ2n) is 5.94. The fourth-order valence-corrected chi connectivity index (χ4v) is 2.91. The van der Waals surface area contributed by atoms with Gasteiger partial charge in [0.25, 0.3) is 0 Å². The minimum absolute atomic E-state index is 0.762. The van der Waals surface area contributed by atoms with E-state index in [0.29, 0.717) is 0 Å². The molecule has 0 bridgehead atoms. The highest BCUT2D eigenvalue weighted by Gasteiger charge is 2.20. The van der Waals surface area contributed by atoms with E-state index in [9.17, 15) is 0 Å². The summed E-state index contributed by atoms with van der Waals surface area (Å²) in [6, 6.07) is 9.40. The van der Waals surface area contributed by atoms with Crippen molar-refractivity contribution < 1.29 is 0 Å². The van der Waals surface area contributed by atoms with Crippen molar-refractivity contribution in [2.24, 2.45) is 0 Å². The predicted molar refractivity (Wildman–Crippen MR) is 87.4 cm³/mol. The van der Waals surface area contributed by atoms with Crippen LogP contribution >= 0.6 is 0 Å². The summed E-state index contributed by atoms with van der Waals surface area (Å²) in [6.45, 7) is 10.2. The fraction of sp³-hybridized carbons (Fsp3) is 0.647.